The van der Waals surface area contributed by atoms with Gasteiger partial charge in [0.15, 0.2) is 0 Å². The molecular weight excluding hydrogens is 346 g/mol. The number of hydrogen-bond donors (Lipinski definition) is 2. The molecule has 0 bridgehead atoms. The largest absolute Gasteiger partial charge is 0.354 e. The van der Waals surface area contributed by atoms with Gasteiger partial charge in [0.25, 0.3) is 0 Å². The molecule has 0 unspecified atom stereocenters. The Bertz CT molecular complexity index is 1020. The van der Waals surface area contributed by atoms with Crippen LogP contribution < -0.4 is 10.7 Å². The number of hydrogen-bond acceptors (Lipinski definition) is 2. The summed E-state index contributed by atoms with van der Waals surface area (Å²) < 4.78 is 0. The molecule has 1 heterocycles. The van der Waals surface area contributed by atoms with E-state index in [0.29, 0.717) is 17.8 Å². The Morgan fingerprint density at radius 3 is 2.64 bits per heavy atom. The minimum Gasteiger partial charge on any atom is -0.354 e. The van der Waals surface area contributed by atoms with E-state index in [-0.39, 0.29) is 5.91 Å². The molecule has 0 spiro atoms. The highest BCUT2D eigenvalue weighted by Crippen LogP contribution is 2.26. The normalized spacial score (nSPS) is 12.4. The molecule has 0 saturated heterocycles. The molecular formula is C24H31N3O. The van der Waals surface area contributed by atoms with Gasteiger partial charge < -0.3 is 10.3 Å². The minimum absolute atomic E-state index is 0.0339. The molecule has 1 aromatic heterocycles. The topological polar surface area (TPSA) is 57.2 Å². The van der Waals surface area contributed by atoms with Crippen molar-refractivity contribution in [3.8, 4) is 0 Å². The number of unbranched alkanes of at least 4 members (excludes halogenated alkanes) is 3. The molecule has 4 nitrogen and oxygen atoms in total. The van der Waals surface area contributed by atoms with Crippen molar-refractivity contribution in [2.24, 2.45) is 4.99 Å². The van der Waals surface area contributed by atoms with Crippen molar-refractivity contribution in [2.45, 2.75) is 65.5 Å². The summed E-state index contributed by atoms with van der Waals surface area (Å²) in [5.74, 6) is -0.0339. The monoisotopic (exact) mass is 377 g/mol. The van der Waals surface area contributed by atoms with Crippen LogP contribution in [0, 0.1) is 0 Å². The predicted octanol–water partition coefficient (Wildman–Crippen LogP) is 5.22. The van der Waals surface area contributed by atoms with Gasteiger partial charge in [0.2, 0.25) is 5.91 Å². The van der Waals surface area contributed by atoms with Crippen molar-refractivity contribution in [3.05, 3.63) is 53.4 Å². The van der Waals surface area contributed by atoms with Gasteiger partial charge in [-0.05, 0) is 24.1 Å². The Morgan fingerprint density at radius 2 is 1.86 bits per heavy atom. The van der Waals surface area contributed by atoms with Gasteiger partial charge >= 0.3 is 0 Å². The SMILES string of the molecule is CCCCCCC(=O)N=c1cccc2c(c1)[nH]c1c(CNC(C)C)cccc12. The number of nitrogens with one attached hydrogen (secondary N) is 2. The number of aromatic nitrogens is 1. The second kappa shape index (κ2) is 9.65. The van der Waals surface area contributed by atoms with Crippen LogP contribution in [0.1, 0.15) is 58.4 Å². The molecule has 3 aromatic rings. The Morgan fingerprint density at radius 1 is 1.07 bits per heavy atom. The molecule has 0 fully saturated rings. The van der Waals surface area contributed by atoms with Crippen molar-refractivity contribution in [2.75, 3.05) is 0 Å². The third kappa shape index (κ3) is 5.08. The van der Waals surface area contributed by atoms with Crippen molar-refractivity contribution in [3.63, 3.8) is 0 Å². The molecule has 0 aliphatic heterocycles. The van der Waals surface area contributed by atoms with E-state index in [0.717, 1.165) is 35.8 Å². The Labute approximate surface area is 167 Å². The molecule has 4 heteroatoms. The van der Waals surface area contributed by atoms with Crippen LogP contribution in [0.2, 0.25) is 0 Å². The van der Waals surface area contributed by atoms with Gasteiger partial charge in [-0.1, -0.05) is 70.4 Å². The summed E-state index contributed by atoms with van der Waals surface area (Å²) >= 11 is 0. The first-order valence-electron chi connectivity index (χ1n) is 10.4. The van der Waals surface area contributed by atoms with Crippen molar-refractivity contribution in [1.29, 1.82) is 0 Å². The highest BCUT2D eigenvalue weighted by Gasteiger charge is 2.08. The molecule has 3 rings (SSSR count). The summed E-state index contributed by atoms with van der Waals surface area (Å²) in [4.78, 5) is 20.1. The molecule has 2 aromatic carbocycles. The zero-order chi connectivity index (χ0) is 19.9. The quantitative estimate of drug-likeness (QED) is 0.529. The Hall–Kier alpha value is -2.46. The number of H-pyrrole nitrogens is 1. The van der Waals surface area contributed by atoms with E-state index in [1.54, 1.807) is 0 Å². The smallest absolute Gasteiger partial charge is 0.246 e. The van der Waals surface area contributed by atoms with E-state index in [2.05, 4.69) is 60.3 Å². The van der Waals surface area contributed by atoms with Gasteiger partial charge in [0.1, 0.15) is 0 Å². The van der Waals surface area contributed by atoms with Crippen LogP contribution in [0.4, 0.5) is 0 Å². The van der Waals surface area contributed by atoms with Gasteiger partial charge in [-0.2, -0.15) is 0 Å². The average molecular weight is 378 g/mol. The lowest BCUT2D eigenvalue weighted by atomic mass is 10.1. The lowest BCUT2D eigenvalue weighted by molar-refractivity contribution is -0.118. The standard InChI is InChI=1S/C24H31N3O/c1-4-5-6-7-14-23(28)26-19-11-9-12-20-21-13-8-10-18(16-25-17(2)3)24(21)27-22(20)15-19/h8-13,15,17,25,27H,4-7,14,16H2,1-3H3. The van der Waals surface area contributed by atoms with Gasteiger partial charge in [0.05, 0.1) is 10.9 Å². The van der Waals surface area contributed by atoms with Crippen LogP contribution in [0.25, 0.3) is 21.8 Å². The molecule has 0 atom stereocenters. The molecule has 2 N–H and O–H groups in total. The second-order valence-corrected chi connectivity index (χ2v) is 7.74. The lowest BCUT2D eigenvalue weighted by Gasteiger charge is -2.08. The van der Waals surface area contributed by atoms with Crippen molar-refractivity contribution < 1.29 is 4.79 Å². The zero-order valence-corrected chi connectivity index (χ0v) is 17.2. The van der Waals surface area contributed by atoms with Gasteiger partial charge in [-0.3, -0.25) is 4.79 Å². The fraction of sp³-hybridized carbons (Fsp3) is 0.417. The summed E-state index contributed by atoms with van der Waals surface area (Å²) in [5.41, 5.74) is 3.40. The fourth-order valence-corrected chi connectivity index (χ4v) is 3.49. The molecule has 148 valence electrons. The van der Waals surface area contributed by atoms with E-state index < -0.39 is 0 Å². The van der Waals surface area contributed by atoms with E-state index >= 15 is 0 Å². The number of fused-ring (bicyclic) bond motifs is 3. The Balaban J connectivity index is 1.93. The third-order valence-electron chi connectivity index (χ3n) is 5.01. The molecule has 0 radical (unpaired) electrons. The highest BCUT2D eigenvalue weighted by molar-refractivity contribution is 6.07. The van der Waals surface area contributed by atoms with E-state index in [1.807, 2.05) is 18.2 Å². The number of nitrogens with zero attached hydrogens (tertiary/aromatic N) is 1. The number of amides is 1. The predicted molar refractivity (Wildman–Crippen MR) is 117 cm³/mol. The van der Waals surface area contributed by atoms with Gasteiger partial charge in [0, 0.05) is 35.3 Å². The number of carbonyl (C=O) groups is 1. The first-order chi connectivity index (χ1) is 13.6. The van der Waals surface area contributed by atoms with Crippen LogP contribution in [-0.2, 0) is 11.3 Å². The average Bonchev–Trinajstić information content (AvgIpc) is 2.89. The summed E-state index contributed by atoms with van der Waals surface area (Å²) in [6.07, 6.45) is 4.90. The summed E-state index contributed by atoms with van der Waals surface area (Å²) in [5, 5.41) is 6.55. The lowest BCUT2D eigenvalue weighted by Crippen LogP contribution is -2.21. The van der Waals surface area contributed by atoms with Crippen LogP contribution in [-0.4, -0.2) is 16.9 Å². The van der Waals surface area contributed by atoms with Gasteiger partial charge in [-0.25, -0.2) is 4.99 Å². The van der Waals surface area contributed by atoms with Crippen LogP contribution in [0.5, 0.6) is 0 Å². The minimum atomic E-state index is -0.0339. The number of para-hydroxylation sites is 1. The van der Waals surface area contributed by atoms with E-state index in [9.17, 15) is 4.79 Å². The van der Waals surface area contributed by atoms with Crippen molar-refractivity contribution >= 4 is 27.7 Å². The number of benzene rings is 1. The molecule has 1 amide bonds. The first-order valence-corrected chi connectivity index (χ1v) is 10.4. The maximum atomic E-state index is 12.2. The van der Waals surface area contributed by atoms with Crippen molar-refractivity contribution in [1.82, 2.24) is 10.3 Å². The first kappa shape index (κ1) is 20.3. The van der Waals surface area contributed by atoms with E-state index in [4.69, 9.17) is 0 Å². The summed E-state index contributed by atoms with van der Waals surface area (Å²) in [6.45, 7) is 7.30. The van der Waals surface area contributed by atoms with Crippen LogP contribution in [0.15, 0.2) is 47.5 Å². The maximum absolute atomic E-state index is 12.2. The van der Waals surface area contributed by atoms with E-state index in [1.165, 1.54) is 23.8 Å². The number of aromatic amines is 1. The fourth-order valence-electron chi connectivity index (χ4n) is 3.49. The third-order valence-corrected chi connectivity index (χ3v) is 5.01. The highest BCUT2D eigenvalue weighted by atomic mass is 16.1. The summed E-state index contributed by atoms with van der Waals surface area (Å²) in [7, 11) is 0. The maximum Gasteiger partial charge on any atom is 0.246 e. The number of carbonyl (C=O) groups excluding carboxylic acids is 1. The van der Waals surface area contributed by atoms with Crippen LogP contribution in [0.3, 0.4) is 0 Å². The number of rotatable bonds is 8. The Kier molecular flexibility index (Phi) is 6.99. The molecule has 0 aliphatic rings. The zero-order valence-electron chi connectivity index (χ0n) is 17.2. The summed E-state index contributed by atoms with van der Waals surface area (Å²) in [6, 6.07) is 14.8. The second-order valence-electron chi connectivity index (χ2n) is 7.74. The molecule has 0 aliphatic carbocycles. The molecule has 0 saturated carbocycles. The van der Waals surface area contributed by atoms with Gasteiger partial charge in [-0.15, -0.1) is 0 Å². The molecule has 28 heavy (non-hydrogen) atoms. The van der Waals surface area contributed by atoms with Crippen LogP contribution >= 0.6 is 0 Å².